The Bertz CT molecular complexity index is 478. The summed E-state index contributed by atoms with van der Waals surface area (Å²) < 4.78 is 13.0. The molecular weight excluding hydrogens is 223 g/mol. The summed E-state index contributed by atoms with van der Waals surface area (Å²) in [6, 6.07) is 8.35. The molecule has 0 aliphatic carbocycles. The molecule has 0 saturated heterocycles. The van der Waals surface area contributed by atoms with E-state index in [0.29, 0.717) is 6.42 Å². The SMILES string of the molecule is Cc1ccsc1C(O)Cc1cccc(F)c1. The summed E-state index contributed by atoms with van der Waals surface area (Å²) in [6.45, 7) is 1.97. The van der Waals surface area contributed by atoms with Gasteiger partial charge in [0.15, 0.2) is 0 Å². The molecule has 1 heterocycles. The van der Waals surface area contributed by atoms with Gasteiger partial charge in [-0.2, -0.15) is 0 Å². The first-order chi connectivity index (χ1) is 7.66. The number of rotatable bonds is 3. The van der Waals surface area contributed by atoms with Crippen LogP contribution in [-0.2, 0) is 6.42 Å². The average molecular weight is 236 g/mol. The van der Waals surface area contributed by atoms with Crippen LogP contribution in [0.5, 0.6) is 0 Å². The molecule has 0 amide bonds. The molecule has 16 heavy (non-hydrogen) atoms. The number of halogens is 1. The monoisotopic (exact) mass is 236 g/mol. The van der Waals surface area contributed by atoms with Gasteiger partial charge in [-0.3, -0.25) is 0 Å². The molecule has 1 nitrogen and oxygen atoms in total. The molecule has 2 rings (SSSR count). The summed E-state index contributed by atoms with van der Waals surface area (Å²) in [5.41, 5.74) is 1.91. The van der Waals surface area contributed by atoms with E-state index in [4.69, 9.17) is 0 Å². The number of aliphatic hydroxyl groups is 1. The average Bonchev–Trinajstić information content (AvgIpc) is 2.64. The quantitative estimate of drug-likeness (QED) is 0.865. The minimum absolute atomic E-state index is 0.257. The van der Waals surface area contributed by atoms with Crippen LogP contribution in [0.25, 0.3) is 0 Å². The molecule has 0 saturated carbocycles. The highest BCUT2D eigenvalue weighted by Gasteiger charge is 2.12. The summed E-state index contributed by atoms with van der Waals surface area (Å²) in [4.78, 5) is 0.962. The number of aliphatic hydroxyl groups excluding tert-OH is 1. The van der Waals surface area contributed by atoms with E-state index < -0.39 is 6.10 Å². The van der Waals surface area contributed by atoms with Crippen LogP contribution >= 0.6 is 11.3 Å². The van der Waals surface area contributed by atoms with E-state index >= 15 is 0 Å². The summed E-state index contributed by atoms with van der Waals surface area (Å²) in [5.74, 6) is -0.257. The largest absolute Gasteiger partial charge is 0.387 e. The van der Waals surface area contributed by atoms with Crippen molar-refractivity contribution in [1.82, 2.24) is 0 Å². The molecule has 3 heteroatoms. The van der Waals surface area contributed by atoms with Crippen molar-refractivity contribution in [3.63, 3.8) is 0 Å². The van der Waals surface area contributed by atoms with Crippen molar-refractivity contribution >= 4 is 11.3 Å². The number of aryl methyl sites for hydroxylation is 1. The first-order valence-corrected chi connectivity index (χ1v) is 6.01. The first kappa shape index (κ1) is 11.3. The number of hydrogen-bond acceptors (Lipinski definition) is 2. The lowest BCUT2D eigenvalue weighted by Crippen LogP contribution is -2.01. The maximum atomic E-state index is 13.0. The standard InChI is InChI=1S/C13H13FOS/c1-9-5-6-16-13(9)12(15)8-10-3-2-4-11(14)7-10/h2-7,12,15H,8H2,1H3. The van der Waals surface area contributed by atoms with Crippen molar-refractivity contribution in [2.24, 2.45) is 0 Å². The topological polar surface area (TPSA) is 20.2 Å². The fourth-order valence-electron chi connectivity index (χ4n) is 1.71. The third-order valence-corrected chi connectivity index (χ3v) is 3.64. The first-order valence-electron chi connectivity index (χ1n) is 5.13. The van der Waals surface area contributed by atoms with E-state index in [2.05, 4.69) is 0 Å². The zero-order chi connectivity index (χ0) is 11.5. The fraction of sp³-hybridized carbons (Fsp3) is 0.231. The van der Waals surface area contributed by atoms with Gasteiger partial charge in [0.1, 0.15) is 5.82 Å². The molecule has 1 N–H and O–H groups in total. The van der Waals surface area contributed by atoms with Gasteiger partial charge in [-0.05, 0) is 41.6 Å². The van der Waals surface area contributed by atoms with Crippen molar-refractivity contribution in [1.29, 1.82) is 0 Å². The van der Waals surface area contributed by atoms with Crippen LogP contribution < -0.4 is 0 Å². The van der Waals surface area contributed by atoms with E-state index in [1.807, 2.05) is 24.4 Å². The zero-order valence-corrected chi connectivity index (χ0v) is 9.80. The number of hydrogen-bond donors (Lipinski definition) is 1. The second-order valence-electron chi connectivity index (χ2n) is 3.82. The van der Waals surface area contributed by atoms with Crippen LogP contribution in [0, 0.1) is 12.7 Å². The van der Waals surface area contributed by atoms with E-state index in [1.54, 1.807) is 6.07 Å². The van der Waals surface area contributed by atoms with E-state index in [1.165, 1.54) is 23.5 Å². The lowest BCUT2D eigenvalue weighted by atomic mass is 10.1. The maximum Gasteiger partial charge on any atom is 0.123 e. The molecule has 2 aromatic rings. The van der Waals surface area contributed by atoms with Crippen LogP contribution in [0.1, 0.15) is 22.1 Å². The smallest absolute Gasteiger partial charge is 0.123 e. The van der Waals surface area contributed by atoms with E-state index in [9.17, 15) is 9.50 Å². The fourth-order valence-corrected chi connectivity index (χ4v) is 2.62. The van der Waals surface area contributed by atoms with Gasteiger partial charge >= 0.3 is 0 Å². The van der Waals surface area contributed by atoms with Crippen LogP contribution in [0.4, 0.5) is 4.39 Å². The third kappa shape index (κ3) is 2.49. The molecule has 0 aliphatic rings. The molecule has 1 aromatic carbocycles. The molecule has 1 unspecified atom stereocenters. The highest BCUT2D eigenvalue weighted by molar-refractivity contribution is 7.10. The van der Waals surface area contributed by atoms with E-state index in [-0.39, 0.29) is 5.82 Å². The Morgan fingerprint density at radius 1 is 1.38 bits per heavy atom. The Kier molecular flexibility index (Phi) is 3.36. The summed E-state index contributed by atoms with van der Waals surface area (Å²) in [7, 11) is 0. The Labute approximate surface area is 98.2 Å². The second-order valence-corrected chi connectivity index (χ2v) is 4.77. The third-order valence-electron chi connectivity index (χ3n) is 2.52. The van der Waals surface area contributed by atoms with Crippen LogP contribution in [0.2, 0.25) is 0 Å². The Morgan fingerprint density at radius 2 is 2.19 bits per heavy atom. The van der Waals surface area contributed by atoms with Gasteiger partial charge in [-0.1, -0.05) is 12.1 Å². The van der Waals surface area contributed by atoms with Crippen molar-refractivity contribution in [2.45, 2.75) is 19.4 Å². The van der Waals surface area contributed by atoms with Gasteiger partial charge in [-0.25, -0.2) is 4.39 Å². The minimum Gasteiger partial charge on any atom is -0.387 e. The van der Waals surface area contributed by atoms with E-state index in [0.717, 1.165) is 16.0 Å². The predicted octanol–water partition coefficient (Wildman–Crippen LogP) is 3.47. The molecule has 0 spiro atoms. The molecular formula is C13H13FOS. The molecule has 0 bridgehead atoms. The summed E-state index contributed by atoms with van der Waals surface area (Å²) >= 11 is 1.54. The minimum atomic E-state index is -0.540. The normalized spacial score (nSPS) is 12.7. The number of thiophene rings is 1. The van der Waals surface area contributed by atoms with Crippen molar-refractivity contribution in [3.05, 3.63) is 57.5 Å². The lowest BCUT2D eigenvalue weighted by molar-refractivity contribution is 0.181. The van der Waals surface area contributed by atoms with Gasteiger partial charge in [0, 0.05) is 11.3 Å². The Balaban J connectivity index is 2.14. The highest BCUT2D eigenvalue weighted by atomic mass is 32.1. The van der Waals surface area contributed by atoms with Crippen molar-refractivity contribution < 1.29 is 9.50 Å². The zero-order valence-electron chi connectivity index (χ0n) is 8.98. The summed E-state index contributed by atoms with van der Waals surface area (Å²) in [5, 5.41) is 12.0. The van der Waals surface area contributed by atoms with Crippen LogP contribution in [0.3, 0.4) is 0 Å². The summed E-state index contributed by atoms with van der Waals surface area (Å²) in [6.07, 6.45) is -0.0825. The van der Waals surface area contributed by atoms with Gasteiger partial charge < -0.3 is 5.11 Å². The van der Waals surface area contributed by atoms with Crippen LogP contribution in [-0.4, -0.2) is 5.11 Å². The molecule has 0 aliphatic heterocycles. The Hall–Kier alpha value is -1.19. The second kappa shape index (κ2) is 4.76. The lowest BCUT2D eigenvalue weighted by Gasteiger charge is -2.10. The maximum absolute atomic E-state index is 13.0. The molecule has 84 valence electrons. The van der Waals surface area contributed by atoms with Gasteiger partial charge in [0.05, 0.1) is 6.10 Å². The molecule has 0 radical (unpaired) electrons. The highest BCUT2D eigenvalue weighted by Crippen LogP contribution is 2.26. The molecule has 0 fully saturated rings. The predicted molar refractivity (Wildman–Crippen MR) is 64.1 cm³/mol. The van der Waals surface area contributed by atoms with Crippen LogP contribution in [0.15, 0.2) is 35.7 Å². The molecule has 1 aromatic heterocycles. The number of benzene rings is 1. The van der Waals surface area contributed by atoms with Crippen molar-refractivity contribution in [3.8, 4) is 0 Å². The van der Waals surface area contributed by atoms with Crippen molar-refractivity contribution in [2.75, 3.05) is 0 Å². The van der Waals surface area contributed by atoms with Gasteiger partial charge in [0.2, 0.25) is 0 Å². The van der Waals surface area contributed by atoms with Gasteiger partial charge in [-0.15, -0.1) is 11.3 Å². The molecule has 1 atom stereocenters. The Morgan fingerprint density at radius 3 is 2.81 bits per heavy atom. The van der Waals surface area contributed by atoms with Gasteiger partial charge in [0.25, 0.3) is 0 Å².